The summed E-state index contributed by atoms with van der Waals surface area (Å²) < 4.78 is 0. The van der Waals surface area contributed by atoms with Gasteiger partial charge in [-0.2, -0.15) is 0 Å². The second-order valence-electron chi connectivity index (χ2n) is 3.78. The number of hydrogen-bond donors (Lipinski definition) is 0. The molecule has 4 bridgehead atoms. The first kappa shape index (κ1) is 6.97. The first-order valence-electron chi connectivity index (χ1n) is 4.25. The van der Waals surface area contributed by atoms with Gasteiger partial charge in [-0.15, -0.1) is 0 Å². The van der Waals surface area contributed by atoms with Gasteiger partial charge < -0.3 is 4.79 Å². The van der Waals surface area contributed by atoms with Gasteiger partial charge in [0.25, 0.3) is 0 Å². The molecule has 0 saturated carbocycles. The van der Waals surface area contributed by atoms with E-state index in [-0.39, 0.29) is 6.17 Å². The van der Waals surface area contributed by atoms with Crippen LogP contribution in [0.15, 0.2) is 0 Å². The average molecular weight is 168 g/mol. The number of nitrogens with zero attached hydrogens (tertiary/aromatic N) is 4. The fourth-order valence-electron chi connectivity index (χ4n) is 2.41. The van der Waals surface area contributed by atoms with Crippen molar-refractivity contribution in [3.63, 3.8) is 0 Å². The molecule has 0 aromatic rings. The number of hydrogen-bond acceptors (Lipinski definition) is 5. The van der Waals surface area contributed by atoms with Crippen LogP contribution in [-0.4, -0.2) is 65.4 Å². The molecule has 0 aliphatic carbocycles. The Labute approximate surface area is 71.1 Å². The van der Waals surface area contributed by atoms with Crippen LogP contribution in [-0.2, 0) is 4.79 Å². The summed E-state index contributed by atoms with van der Waals surface area (Å²) in [6, 6.07) is 0. The zero-order valence-electron chi connectivity index (χ0n) is 6.89. The molecular weight excluding hydrogens is 156 g/mol. The van der Waals surface area contributed by atoms with E-state index in [0.717, 1.165) is 39.6 Å². The summed E-state index contributed by atoms with van der Waals surface area (Å²) in [6.45, 7) is 4.89. The van der Waals surface area contributed by atoms with Gasteiger partial charge >= 0.3 is 0 Å². The second-order valence-corrected chi connectivity index (χ2v) is 3.78. The molecule has 0 unspecified atom stereocenters. The van der Waals surface area contributed by atoms with Gasteiger partial charge in [0.15, 0.2) is 6.29 Å². The van der Waals surface area contributed by atoms with Gasteiger partial charge in [-0.1, -0.05) is 0 Å². The molecule has 0 amide bonds. The van der Waals surface area contributed by atoms with Crippen LogP contribution < -0.4 is 0 Å². The highest BCUT2D eigenvalue weighted by Crippen LogP contribution is 2.24. The summed E-state index contributed by atoms with van der Waals surface area (Å²) in [5, 5.41) is 0. The SMILES string of the molecule is O=CC1N2CN3CN(C2)CN1C3. The number of carbonyl (C=O) groups is 1. The molecule has 4 fully saturated rings. The fraction of sp³-hybridized carbons (Fsp3) is 0.857. The lowest BCUT2D eigenvalue weighted by molar-refractivity contribution is -0.222. The summed E-state index contributed by atoms with van der Waals surface area (Å²) >= 11 is 0. The van der Waals surface area contributed by atoms with Crippen molar-refractivity contribution in [1.29, 1.82) is 0 Å². The van der Waals surface area contributed by atoms with E-state index >= 15 is 0 Å². The molecule has 0 atom stereocenters. The van der Waals surface area contributed by atoms with Crippen LogP contribution >= 0.6 is 0 Å². The van der Waals surface area contributed by atoms with Crippen LogP contribution in [0.1, 0.15) is 0 Å². The van der Waals surface area contributed by atoms with E-state index in [1.54, 1.807) is 0 Å². The van der Waals surface area contributed by atoms with E-state index < -0.39 is 0 Å². The van der Waals surface area contributed by atoms with E-state index in [1.165, 1.54) is 0 Å². The van der Waals surface area contributed by atoms with Gasteiger partial charge in [0.1, 0.15) is 6.17 Å². The summed E-state index contributed by atoms with van der Waals surface area (Å²) in [4.78, 5) is 19.9. The van der Waals surface area contributed by atoms with Crippen molar-refractivity contribution in [3.8, 4) is 0 Å². The highest BCUT2D eigenvalue weighted by molar-refractivity contribution is 5.57. The van der Waals surface area contributed by atoms with E-state index in [1.807, 2.05) is 0 Å². The molecule has 0 N–H and O–H groups in total. The lowest BCUT2D eigenvalue weighted by atomic mass is 10.3. The smallest absolute Gasteiger partial charge is 0.152 e. The molecule has 5 heteroatoms. The lowest BCUT2D eigenvalue weighted by Gasteiger charge is -2.58. The van der Waals surface area contributed by atoms with E-state index in [0.29, 0.717) is 0 Å². The predicted octanol–water partition coefficient (Wildman–Crippen LogP) is -1.45. The average Bonchev–Trinajstić information content (AvgIpc) is 2.02. The van der Waals surface area contributed by atoms with Crippen molar-refractivity contribution >= 4 is 6.29 Å². The monoisotopic (exact) mass is 168 g/mol. The third-order valence-corrected chi connectivity index (χ3v) is 2.80. The Hall–Kier alpha value is -0.490. The second kappa shape index (κ2) is 2.26. The minimum atomic E-state index is 0.0396. The standard InChI is InChI=1S/C7H12N4O/c12-1-7-10-3-8-2-9(5-10)6-11(7)4-8/h1,7H,2-6H2. The molecule has 0 aromatic heterocycles. The van der Waals surface area contributed by atoms with E-state index in [9.17, 15) is 4.79 Å². The Balaban J connectivity index is 1.90. The molecule has 4 heterocycles. The first-order valence-corrected chi connectivity index (χ1v) is 4.25. The molecule has 4 aliphatic heterocycles. The maximum atomic E-state index is 10.8. The normalized spacial score (nSPS) is 55.8. The molecule has 12 heavy (non-hydrogen) atoms. The number of aldehydes is 1. The van der Waals surface area contributed by atoms with Crippen molar-refractivity contribution in [2.75, 3.05) is 33.3 Å². The highest BCUT2D eigenvalue weighted by atomic mass is 16.1. The lowest BCUT2D eigenvalue weighted by Crippen LogP contribution is -2.75. The Kier molecular flexibility index (Phi) is 1.31. The van der Waals surface area contributed by atoms with Gasteiger partial charge in [0.2, 0.25) is 0 Å². The minimum absolute atomic E-state index is 0.0396. The Bertz CT molecular complexity index is 191. The van der Waals surface area contributed by atoms with Crippen LogP contribution in [0.4, 0.5) is 0 Å². The fourth-order valence-corrected chi connectivity index (χ4v) is 2.41. The maximum Gasteiger partial charge on any atom is 0.152 e. The Morgan fingerprint density at radius 3 is 1.83 bits per heavy atom. The Morgan fingerprint density at radius 2 is 1.42 bits per heavy atom. The maximum absolute atomic E-state index is 10.8. The zero-order chi connectivity index (χ0) is 8.13. The third kappa shape index (κ3) is 0.791. The van der Waals surface area contributed by atoms with Gasteiger partial charge in [-0.3, -0.25) is 19.6 Å². The van der Waals surface area contributed by atoms with Crippen molar-refractivity contribution < 1.29 is 4.79 Å². The summed E-state index contributed by atoms with van der Waals surface area (Å²) in [5.74, 6) is 0. The van der Waals surface area contributed by atoms with Crippen molar-refractivity contribution in [2.45, 2.75) is 6.17 Å². The van der Waals surface area contributed by atoms with Crippen LogP contribution in [0.25, 0.3) is 0 Å². The van der Waals surface area contributed by atoms with Crippen molar-refractivity contribution in [3.05, 3.63) is 0 Å². The molecular formula is C7H12N4O. The summed E-state index contributed by atoms with van der Waals surface area (Å²) in [6.07, 6.45) is 1.10. The van der Waals surface area contributed by atoms with Crippen LogP contribution in [0.2, 0.25) is 0 Å². The van der Waals surface area contributed by atoms with Crippen LogP contribution in [0, 0.1) is 0 Å². The van der Waals surface area contributed by atoms with Crippen molar-refractivity contribution in [1.82, 2.24) is 19.6 Å². The van der Waals surface area contributed by atoms with Crippen LogP contribution in [0.3, 0.4) is 0 Å². The summed E-state index contributed by atoms with van der Waals surface area (Å²) in [5.41, 5.74) is 0. The molecule has 0 radical (unpaired) electrons. The topological polar surface area (TPSA) is 30.0 Å². The molecule has 4 saturated heterocycles. The van der Waals surface area contributed by atoms with Gasteiger partial charge in [0.05, 0.1) is 33.3 Å². The molecule has 4 rings (SSSR count). The zero-order valence-corrected chi connectivity index (χ0v) is 6.89. The Morgan fingerprint density at radius 1 is 0.917 bits per heavy atom. The minimum Gasteiger partial charge on any atom is -0.300 e. The van der Waals surface area contributed by atoms with Gasteiger partial charge in [-0.25, -0.2) is 0 Å². The van der Waals surface area contributed by atoms with Gasteiger partial charge in [0, 0.05) is 0 Å². The number of carbonyl (C=O) groups excluding carboxylic acids is 1. The largest absolute Gasteiger partial charge is 0.300 e. The summed E-state index contributed by atoms with van der Waals surface area (Å²) in [7, 11) is 0. The molecule has 0 aromatic carbocycles. The van der Waals surface area contributed by atoms with Crippen molar-refractivity contribution in [2.24, 2.45) is 0 Å². The number of rotatable bonds is 1. The highest BCUT2D eigenvalue weighted by Gasteiger charge is 2.43. The third-order valence-electron chi connectivity index (χ3n) is 2.80. The van der Waals surface area contributed by atoms with Crippen LogP contribution in [0.5, 0.6) is 0 Å². The van der Waals surface area contributed by atoms with Gasteiger partial charge in [-0.05, 0) is 0 Å². The molecule has 0 spiro atoms. The molecule has 4 aliphatic rings. The van der Waals surface area contributed by atoms with E-state index in [2.05, 4.69) is 19.6 Å². The predicted molar refractivity (Wildman–Crippen MR) is 41.5 cm³/mol. The first-order chi connectivity index (χ1) is 5.86. The molecule has 66 valence electrons. The van der Waals surface area contributed by atoms with E-state index in [4.69, 9.17) is 0 Å². The quantitative estimate of drug-likeness (QED) is 0.447. The molecule has 5 nitrogen and oxygen atoms in total.